The van der Waals surface area contributed by atoms with Crippen LogP contribution in [0.5, 0.6) is 0 Å². The molecule has 1 aromatic rings. The van der Waals surface area contributed by atoms with Crippen molar-refractivity contribution >= 4 is 46.1 Å². The van der Waals surface area contributed by atoms with Crippen molar-refractivity contribution in [3.8, 4) is 0 Å². The standard InChI is InChI=1S/C24H29N3O5S2/c1-4-17-20(23(30)31-3)21(18-7-6-12-33-18)27-16(14-34-24(27)25-17)13-19(28)26-10-8-15(9-11-26)22(29)32-5-2/h6-7,12,14-15,21H,4-5,8-11,13H2,1-3H3/t21-/m1/s1. The van der Waals surface area contributed by atoms with E-state index in [9.17, 15) is 14.4 Å². The van der Waals surface area contributed by atoms with Gasteiger partial charge in [0.15, 0.2) is 5.17 Å². The van der Waals surface area contributed by atoms with Crippen LogP contribution in [0.15, 0.2) is 44.9 Å². The molecular formula is C24H29N3O5S2. The molecule has 0 spiro atoms. The summed E-state index contributed by atoms with van der Waals surface area (Å²) in [5, 5.41) is 4.70. The molecule has 0 N–H and O–H groups in total. The molecule has 1 aromatic heterocycles. The Bertz CT molecular complexity index is 1040. The second-order valence-corrected chi connectivity index (χ2v) is 10.0. The van der Waals surface area contributed by atoms with Crippen LogP contribution in [0.1, 0.15) is 50.4 Å². The number of likely N-dealkylation sites (tertiary alicyclic amines) is 1. The van der Waals surface area contributed by atoms with Crippen LogP contribution in [-0.4, -0.2) is 59.6 Å². The van der Waals surface area contributed by atoms with E-state index in [0.29, 0.717) is 50.2 Å². The third kappa shape index (κ3) is 4.79. The van der Waals surface area contributed by atoms with Crippen LogP contribution in [0.3, 0.4) is 0 Å². The van der Waals surface area contributed by atoms with E-state index in [1.807, 2.05) is 39.6 Å². The predicted octanol–water partition coefficient (Wildman–Crippen LogP) is 4.08. The van der Waals surface area contributed by atoms with Crippen molar-refractivity contribution in [1.29, 1.82) is 0 Å². The maximum atomic E-state index is 13.2. The van der Waals surface area contributed by atoms with E-state index < -0.39 is 5.97 Å². The van der Waals surface area contributed by atoms with E-state index >= 15 is 0 Å². The van der Waals surface area contributed by atoms with Crippen molar-refractivity contribution < 1.29 is 23.9 Å². The van der Waals surface area contributed by atoms with Gasteiger partial charge in [0.2, 0.25) is 5.91 Å². The van der Waals surface area contributed by atoms with Gasteiger partial charge in [0.25, 0.3) is 0 Å². The summed E-state index contributed by atoms with van der Waals surface area (Å²) in [5.41, 5.74) is 2.05. The number of piperidine rings is 1. The summed E-state index contributed by atoms with van der Waals surface area (Å²) in [6, 6.07) is 3.58. The Labute approximate surface area is 207 Å². The number of nitrogens with zero attached hydrogens (tertiary/aromatic N) is 3. The van der Waals surface area contributed by atoms with Gasteiger partial charge in [-0.3, -0.25) is 9.59 Å². The average Bonchev–Trinajstić information content (AvgIpc) is 3.53. The van der Waals surface area contributed by atoms with Crippen molar-refractivity contribution in [2.45, 2.75) is 45.6 Å². The number of aliphatic imine (C=N–C) groups is 1. The third-order valence-corrected chi connectivity index (χ3v) is 8.06. The largest absolute Gasteiger partial charge is 0.466 e. The number of thioether (sulfide) groups is 1. The Kier molecular flexibility index (Phi) is 7.77. The number of hydrogen-bond acceptors (Lipinski definition) is 9. The fourth-order valence-electron chi connectivity index (χ4n) is 4.52. The first-order valence-electron chi connectivity index (χ1n) is 11.5. The first-order valence-corrected chi connectivity index (χ1v) is 13.3. The molecule has 10 heteroatoms. The van der Waals surface area contributed by atoms with Gasteiger partial charge in [-0.25, -0.2) is 9.79 Å². The van der Waals surface area contributed by atoms with Crippen molar-refractivity contribution in [3.63, 3.8) is 0 Å². The molecule has 4 rings (SSSR count). The second kappa shape index (κ2) is 10.8. The van der Waals surface area contributed by atoms with Crippen LogP contribution in [0.4, 0.5) is 0 Å². The number of allylic oxidation sites excluding steroid dienone is 1. The summed E-state index contributed by atoms with van der Waals surface area (Å²) in [6.07, 6.45) is 2.03. The number of hydrogen-bond donors (Lipinski definition) is 0. The molecule has 182 valence electrons. The normalized spacial score (nSPS) is 20.6. The smallest absolute Gasteiger partial charge is 0.338 e. The minimum atomic E-state index is -0.401. The quantitative estimate of drug-likeness (QED) is 0.518. The van der Waals surface area contributed by atoms with Gasteiger partial charge in [0.05, 0.1) is 37.3 Å². The zero-order valence-corrected chi connectivity index (χ0v) is 21.2. The average molecular weight is 504 g/mol. The van der Waals surface area contributed by atoms with Crippen molar-refractivity contribution in [2.24, 2.45) is 10.9 Å². The molecule has 1 atom stereocenters. The molecule has 8 nitrogen and oxygen atoms in total. The molecule has 0 saturated carbocycles. The van der Waals surface area contributed by atoms with Gasteiger partial charge in [-0.05, 0) is 43.0 Å². The summed E-state index contributed by atoms with van der Waals surface area (Å²) in [4.78, 5) is 47.6. The van der Waals surface area contributed by atoms with E-state index in [1.165, 1.54) is 18.9 Å². The molecule has 0 aliphatic carbocycles. The van der Waals surface area contributed by atoms with Gasteiger partial charge in [-0.15, -0.1) is 11.3 Å². The van der Waals surface area contributed by atoms with Crippen LogP contribution in [0.25, 0.3) is 0 Å². The Morgan fingerprint density at radius 1 is 1.21 bits per heavy atom. The number of carbonyl (C=O) groups excluding carboxylic acids is 3. The predicted molar refractivity (Wildman–Crippen MR) is 132 cm³/mol. The molecule has 1 saturated heterocycles. The molecule has 3 aliphatic heterocycles. The lowest BCUT2D eigenvalue weighted by atomic mass is 9.96. The fraction of sp³-hybridized carbons (Fsp3) is 0.500. The van der Waals surface area contributed by atoms with Crippen LogP contribution in [0.2, 0.25) is 0 Å². The van der Waals surface area contributed by atoms with Gasteiger partial charge in [-0.2, -0.15) is 0 Å². The number of esters is 2. The lowest BCUT2D eigenvalue weighted by Gasteiger charge is -2.36. The summed E-state index contributed by atoms with van der Waals surface area (Å²) < 4.78 is 10.3. The number of fused-ring (bicyclic) bond motifs is 1. The third-order valence-electron chi connectivity index (χ3n) is 6.24. The number of thiophene rings is 1. The van der Waals surface area contributed by atoms with Crippen LogP contribution in [0, 0.1) is 5.92 Å². The first kappa shape index (κ1) is 24.5. The topological polar surface area (TPSA) is 88.5 Å². The summed E-state index contributed by atoms with van der Waals surface area (Å²) in [6.45, 7) is 5.21. The molecule has 0 bridgehead atoms. The maximum absolute atomic E-state index is 13.2. The first-order chi connectivity index (χ1) is 16.5. The van der Waals surface area contributed by atoms with E-state index in [-0.39, 0.29) is 30.3 Å². The number of ether oxygens (including phenoxy) is 2. The van der Waals surface area contributed by atoms with Crippen LogP contribution in [-0.2, 0) is 23.9 Å². The van der Waals surface area contributed by atoms with E-state index in [0.717, 1.165) is 15.7 Å². The van der Waals surface area contributed by atoms with Crippen molar-refractivity contribution in [3.05, 3.63) is 44.8 Å². The van der Waals surface area contributed by atoms with Gasteiger partial charge >= 0.3 is 11.9 Å². The van der Waals surface area contributed by atoms with Gasteiger partial charge < -0.3 is 19.3 Å². The molecule has 3 aliphatic rings. The number of rotatable bonds is 7. The second-order valence-electron chi connectivity index (χ2n) is 8.20. The Balaban J connectivity index is 1.52. The Morgan fingerprint density at radius 3 is 2.59 bits per heavy atom. The molecule has 0 unspecified atom stereocenters. The Morgan fingerprint density at radius 2 is 1.97 bits per heavy atom. The van der Waals surface area contributed by atoms with E-state index in [2.05, 4.69) is 0 Å². The minimum Gasteiger partial charge on any atom is -0.466 e. The molecule has 1 amide bonds. The van der Waals surface area contributed by atoms with E-state index in [4.69, 9.17) is 14.5 Å². The lowest BCUT2D eigenvalue weighted by molar-refractivity contribution is -0.151. The zero-order valence-electron chi connectivity index (χ0n) is 19.6. The molecule has 0 radical (unpaired) electrons. The van der Waals surface area contributed by atoms with E-state index in [1.54, 1.807) is 18.3 Å². The SMILES string of the molecule is CCOC(=O)C1CCN(C(=O)CC2=CSC3=NC(CC)=C(C(=O)OC)[C@@H](c4cccs4)N23)CC1. The number of amides is 1. The lowest BCUT2D eigenvalue weighted by Crippen LogP contribution is -2.42. The highest BCUT2D eigenvalue weighted by Gasteiger charge is 2.42. The molecule has 4 heterocycles. The molecule has 0 aromatic carbocycles. The highest BCUT2D eigenvalue weighted by atomic mass is 32.2. The number of amidine groups is 1. The minimum absolute atomic E-state index is 0.00484. The summed E-state index contributed by atoms with van der Waals surface area (Å²) >= 11 is 3.04. The maximum Gasteiger partial charge on any atom is 0.338 e. The highest BCUT2D eigenvalue weighted by Crippen LogP contribution is 2.46. The zero-order chi connectivity index (χ0) is 24.2. The monoisotopic (exact) mass is 503 g/mol. The van der Waals surface area contributed by atoms with Crippen LogP contribution < -0.4 is 0 Å². The summed E-state index contributed by atoms with van der Waals surface area (Å²) in [7, 11) is 1.38. The fourth-order valence-corrected chi connectivity index (χ4v) is 6.28. The van der Waals surface area contributed by atoms with Crippen molar-refractivity contribution in [2.75, 3.05) is 26.8 Å². The molecular weight excluding hydrogens is 474 g/mol. The highest BCUT2D eigenvalue weighted by molar-refractivity contribution is 8.16. The Hall–Kier alpha value is -2.59. The summed E-state index contributed by atoms with van der Waals surface area (Å²) in [5.74, 6) is -0.715. The van der Waals surface area contributed by atoms with Crippen molar-refractivity contribution in [1.82, 2.24) is 9.80 Å². The van der Waals surface area contributed by atoms with Gasteiger partial charge in [0, 0.05) is 23.7 Å². The van der Waals surface area contributed by atoms with Gasteiger partial charge in [0.1, 0.15) is 6.04 Å². The molecule has 34 heavy (non-hydrogen) atoms. The molecule has 1 fully saturated rings. The number of methoxy groups -OCH3 is 1. The van der Waals surface area contributed by atoms with Gasteiger partial charge in [-0.1, -0.05) is 24.8 Å². The van der Waals surface area contributed by atoms with Crippen LogP contribution >= 0.6 is 23.1 Å². The number of carbonyl (C=O) groups is 3.